The van der Waals surface area contributed by atoms with E-state index in [9.17, 15) is 9.90 Å². The fourth-order valence-electron chi connectivity index (χ4n) is 2.80. The second-order valence-electron chi connectivity index (χ2n) is 6.25. The molecule has 1 fully saturated rings. The maximum Gasteiger partial charge on any atom is 0.223 e. The van der Waals surface area contributed by atoms with E-state index in [0.717, 1.165) is 0 Å². The lowest BCUT2D eigenvalue weighted by molar-refractivity contribution is -0.344. The van der Waals surface area contributed by atoms with Crippen molar-refractivity contribution in [3.63, 3.8) is 0 Å². The van der Waals surface area contributed by atoms with E-state index in [2.05, 4.69) is 29.2 Å². The summed E-state index contributed by atoms with van der Waals surface area (Å²) >= 11 is 0. The molecule has 1 aliphatic heterocycles. The Bertz CT molecular complexity index is 804. The summed E-state index contributed by atoms with van der Waals surface area (Å²) in [6.07, 6.45) is -1.82. The summed E-state index contributed by atoms with van der Waals surface area (Å²) < 4.78 is 22.0. The summed E-state index contributed by atoms with van der Waals surface area (Å²) in [6.45, 7) is 3.01. The van der Waals surface area contributed by atoms with Crippen molar-refractivity contribution in [2.75, 3.05) is 20.8 Å². The maximum absolute atomic E-state index is 11.8. The van der Waals surface area contributed by atoms with Gasteiger partial charge in [0.25, 0.3) is 0 Å². The number of hydrogen-bond acceptors (Lipinski definition) is 8. The van der Waals surface area contributed by atoms with Crippen LogP contribution in [0.4, 0.5) is 0 Å². The summed E-state index contributed by atoms with van der Waals surface area (Å²) in [6, 6.07) is 5.89. The van der Waals surface area contributed by atoms with Crippen molar-refractivity contribution in [1.29, 1.82) is 0 Å². The Morgan fingerprint density at radius 1 is 1.20 bits per heavy atom. The second-order valence-corrected chi connectivity index (χ2v) is 6.25. The van der Waals surface area contributed by atoms with E-state index in [4.69, 9.17) is 28.7 Å². The molecular weight excluding hydrogens is 394 g/mol. The zero-order chi connectivity index (χ0) is 21.9. The lowest BCUT2D eigenvalue weighted by Crippen LogP contribution is -2.66. The highest BCUT2D eigenvalue weighted by molar-refractivity contribution is 5.73. The molecule has 1 heterocycles. The standard InChI is InChI=1S/C21H25NO8/c1-5-6-7-12-27-30-20-18(22-14(2)23)21(29-17(13-25-3)19(20)24)28-16-10-8-15(26-4)9-11-16/h8-11,17-21,24H,13H2,1-4H3,(H,22,23)/t17?,18?,19-,20+,21-/m0/s1. The van der Waals surface area contributed by atoms with Crippen molar-refractivity contribution in [3.05, 3.63) is 24.3 Å². The lowest BCUT2D eigenvalue weighted by atomic mass is 9.97. The number of ether oxygens (including phenoxy) is 4. The third-order valence-corrected chi connectivity index (χ3v) is 4.13. The molecule has 30 heavy (non-hydrogen) atoms. The Kier molecular flexibility index (Phi) is 9.26. The van der Waals surface area contributed by atoms with Crippen LogP contribution in [0.2, 0.25) is 0 Å². The number of carbonyl (C=O) groups is 1. The number of carbonyl (C=O) groups excluding carboxylic acids is 1. The minimum atomic E-state index is -1.20. The van der Waals surface area contributed by atoms with Crippen molar-refractivity contribution in [3.8, 4) is 35.4 Å². The first-order valence-electron chi connectivity index (χ1n) is 9.14. The molecule has 9 nitrogen and oxygen atoms in total. The van der Waals surface area contributed by atoms with Crippen LogP contribution in [0.3, 0.4) is 0 Å². The van der Waals surface area contributed by atoms with Gasteiger partial charge in [0.15, 0.2) is 12.2 Å². The number of aliphatic hydroxyl groups excluding tert-OH is 1. The largest absolute Gasteiger partial charge is 0.497 e. The van der Waals surface area contributed by atoms with Gasteiger partial charge in [-0.15, -0.1) is 0 Å². The number of benzene rings is 1. The Morgan fingerprint density at radius 3 is 2.50 bits per heavy atom. The molecule has 2 N–H and O–H groups in total. The van der Waals surface area contributed by atoms with Gasteiger partial charge in [-0.3, -0.25) is 9.68 Å². The molecule has 5 atom stereocenters. The van der Waals surface area contributed by atoms with Crippen LogP contribution in [0, 0.1) is 23.9 Å². The number of hydrogen-bond donors (Lipinski definition) is 2. The van der Waals surface area contributed by atoms with E-state index in [-0.39, 0.29) is 12.5 Å². The van der Waals surface area contributed by atoms with E-state index < -0.39 is 30.6 Å². The van der Waals surface area contributed by atoms with Crippen molar-refractivity contribution in [2.45, 2.75) is 44.5 Å². The summed E-state index contributed by atoms with van der Waals surface area (Å²) in [5, 5.41) is 13.4. The number of aliphatic hydroxyl groups is 1. The molecule has 1 amide bonds. The lowest BCUT2D eigenvalue weighted by Gasteiger charge is -2.42. The Balaban J connectivity index is 2.26. The SMILES string of the molecule is CC#CC#COO[C@@H]1C(NC(C)=O)[C@@H](Oc2ccc(OC)cc2)OC(COC)[C@@H]1O. The predicted octanol–water partition coefficient (Wildman–Crippen LogP) is 0.612. The molecule has 0 bridgehead atoms. The summed E-state index contributed by atoms with van der Waals surface area (Å²) in [4.78, 5) is 21.9. The minimum Gasteiger partial charge on any atom is -0.497 e. The van der Waals surface area contributed by atoms with Gasteiger partial charge in [0.05, 0.1) is 13.7 Å². The van der Waals surface area contributed by atoms with Crippen molar-refractivity contribution < 1.29 is 38.6 Å². The van der Waals surface area contributed by atoms with Crippen LogP contribution in [0.1, 0.15) is 13.8 Å². The maximum atomic E-state index is 11.8. The van der Waals surface area contributed by atoms with Gasteiger partial charge < -0.3 is 29.4 Å². The molecule has 1 aromatic rings. The van der Waals surface area contributed by atoms with Gasteiger partial charge in [0, 0.05) is 20.0 Å². The molecule has 2 rings (SSSR count). The fraction of sp³-hybridized carbons (Fsp3) is 0.476. The van der Waals surface area contributed by atoms with Gasteiger partial charge in [0.2, 0.25) is 12.2 Å². The molecule has 1 aliphatic rings. The molecule has 1 aromatic carbocycles. The first-order chi connectivity index (χ1) is 14.5. The first kappa shape index (κ1) is 23.3. The third kappa shape index (κ3) is 6.55. The number of methoxy groups -OCH3 is 2. The molecule has 9 heteroatoms. The van der Waals surface area contributed by atoms with Crippen LogP contribution in [-0.2, 0) is 24.0 Å². The average Bonchev–Trinajstić information content (AvgIpc) is 2.73. The highest BCUT2D eigenvalue weighted by Gasteiger charge is 2.49. The van der Waals surface area contributed by atoms with Gasteiger partial charge in [-0.2, -0.15) is 4.89 Å². The Morgan fingerprint density at radius 2 is 1.90 bits per heavy atom. The summed E-state index contributed by atoms with van der Waals surface area (Å²) in [7, 11) is 3.02. The highest BCUT2D eigenvalue weighted by atomic mass is 17.2. The molecule has 2 unspecified atom stereocenters. The predicted molar refractivity (Wildman–Crippen MR) is 105 cm³/mol. The Hall–Kier alpha value is -2.95. The molecule has 1 saturated heterocycles. The zero-order valence-corrected chi connectivity index (χ0v) is 17.2. The fourth-order valence-corrected chi connectivity index (χ4v) is 2.80. The van der Waals surface area contributed by atoms with Crippen molar-refractivity contribution in [2.24, 2.45) is 0 Å². The van der Waals surface area contributed by atoms with Crippen LogP contribution in [0.15, 0.2) is 24.3 Å². The van der Waals surface area contributed by atoms with Gasteiger partial charge in [-0.1, -0.05) is 5.92 Å². The van der Waals surface area contributed by atoms with Crippen LogP contribution in [-0.4, -0.2) is 62.5 Å². The zero-order valence-electron chi connectivity index (χ0n) is 17.2. The molecule has 0 radical (unpaired) electrons. The van der Waals surface area contributed by atoms with E-state index >= 15 is 0 Å². The van der Waals surface area contributed by atoms with Crippen molar-refractivity contribution >= 4 is 5.91 Å². The van der Waals surface area contributed by atoms with Gasteiger partial charge in [-0.05, 0) is 37.1 Å². The average molecular weight is 419 g/mol. The van der Waals surface area contributed by atoms with Crippen LogP contribution in [0.25, 0.3) is 0 Å². The van der Waals surface area contributed by atoms with Crippen LogP contribution in [0.5, 0.6) is 11.5 Å². The number of amides is 1. The van der Waals surface area contributed by atoms with E-state index in [1.165, 1.54) is 14.0 Å². The number of rotatable bonds is 8. The summed E-state index contributed by atoms with van der Waals surface area (Å²) in [5.74, 6) is 8.23. The van der Waals surface area contributed by atoms with Gasteiger partial charge in [0.1, 0.15) is 29.7 Å². The van der Waals surface area contributed by atoms with E-state index in [0.29, 0.717) is 11.5 Å². The van der Waals surface area contributed by atoms with Crippen LogP contribution >= 0.6 is 0 Å². The summed E-state index contributed by atoms with van der Waals surface area (Å²) in [5.41, 5.74) is 0. The topological polar surface area (TPSA) is 105 Å². The molecule has 0 aromatic heterocycles. The minimum absolute atomic E-state index is 0.0588. The third-order valence-electron chi connectivity index (χ3n) is 4.13. The monoisotopic (exact) mass is 419 g/mol. The van der Waals surface area contributed by atoms with Gasteiger partial charge >= 0.3 is 0 Å². The molecule has 162 valence electrons. The molecule has 0 aliphatic carbocycles. The van der Waals surface area contributed by atoms with Crippen LogP contribution < -0.4 is 14.8 Å². The number of nitrogens with one attached hydrogen (secondary N) is 1. The molecule has 0 spiro atoms. The molecule has 0 saturated carbocycles. The van der Waals surface area contributed by atoms with Gasteiger partial charge in [-0.25, -0.2) is 0 Å². The van der Waals surface area contributed by atoms with E-state index in [1.54, 1.807) is 38.3 Å². The normalized spacial score (nSPS) is 25.0. The highest BCUT2D eigenvalue weighted by Crippen LogP contribution is 2.27. The smallest absolute Gasteiger partial charge is 0.223 e. The first-order valence-corrected chi connectivity index (χ1v) is 9.14. The van der Waals surface area contributed by atoms with Crippen molar-refractivity contribution in [1.82, 2.24) is 5.32 Å². The second kappa shape index (κ2) is 11.9. The van der Waals surface area contributed by atoms with E-state index in [1.807, 2.05) is 0 Å². The quantitative estimate of drug-likeness (QED) is 0.359. The molecular formula is C21H25NO8. The Labute approximate surface area is 175 Å².